The standard InChI is InChI=1S/C60H67Cl2FN10O9/c1-36(2)81-50-32-45(78-7)17-19-47(50)58-66-55(39-8-12-42(61)13-9-39)56(40-10-14-43(62)15-11-40)73(58)60(77)71-23-22-70(53(75)35-71)25-27-80-29-28-79-26-20-52(74)68(5)21-24-72-49-34-69(6)59(76)46-18-16-44(63)31-48(46)38(4)82-51-30-41(33-65-57(51)64)54(49)37(3)67-72/h8-19,30-33,36,38,55-56H,20-29,34-35H2,1-7H3,(H2,64,65)/t38-,55-,56+/m1/s1. The first kappa shape index (κ1) is 58.9. The van der Waals surface area contributed by atoms with Crippen molar-refractivity contribution in [3.05, 3.63) is 152 Å². The Bertz CT molecular complexity index is 3340. The molecule has 19 nitrogen and oxygen atoms in total. The Morgan fingerprint density at radius 3 is 2.27 bits per heavy atom. The van der Waals surface area contributed by atoms with Gasteiger partial charge < -0.3 is 49.0 Å². The third-order valence-corrected chi connectivity index (χ3v) is 15.1. The van der Waals surface area contributed by atoms with Crippen molar-refractivity contribution in [3.63, 3.8) is 0 Å². The van der Waals surface area contributed by atoms with Gasteiger partial charge in [0.25, 0.3) is 5.91 Å². The van der Waals surface area contributed by atoms with E-state index in [1.54, 1.807) is 106 Å². The largest absolute Gasteiger partial charge is 0.497 e. The molecule has 4 aromatic carbocycles. The van der Waals surface area contributed by atoms with Crippen molar-refractivity contribution in [1.82, 2.24) is 39.3 Å². The molecule has 0 saturated carbocycles. The monoisotopic (exact) mass is 1160 g/mol. The summed E-state index contributed by atoms with van der Waals surface area (Å²) in [6, 6.07) is 24.3. The maximum Gasteiger partial charge on any atom is 0.326 e. The van der Waals surface area contributed by atoms with E-state index in [2.05, 4.69) is 4.98 Å². The summed E-state index contributed by atoms with van der Waals surface area (Å²) in [4.78, 5) is 73.9. The number of amides is 5. The quantitative estimate of drug-likeness (QED) is 0.0802. The predicted molar refractivity (Wildman–Crippen MR) is 309 cm³/mol. The lowest BCUT2D eigenvalue weighted by Gasteiger charge is -2.38. The van der Waals surface area contributed by atoms with Crippen LogP contribution in [0.25, 0.3) is 11.1 Å². The van der Waals surface area contributed by atoms with Gasteiger partial charge in [-0.25, -0.2) is 14.2 Å². The van der Waals surface area contributed by atoms with Gasteiger partial charge in [-0.15, -0.1) is 0 Å². The molecule has 3 aliphatic heterocycles. The maximum atomic E-state index is 15.1. The number of nitrogens with two attached hydrogens (primary N) is 1. The first-order chi connectivity index (χ1) is 39.4. The minimum atomic E-state index is -0.717. The molecule has 22 heteroatoms. The van der Waals surface area contributed by atoms with Gasteiger partial charge in [-0.05, 0) is 99.5 Å². The van der Waals surface area contributed by atoms with Crippen LogP contribution in [0.5, 0.6) is 17.2 Å². The van der Waals surface area contributed by atoms with Crippen molar-refractivity contribution < 1.29 is 47.3 Å². The first-order valence-corrected chi connectivity index (χ1v) is 27.9. The molecule has 2 bridgehead atoms. The number of halogens is 3. The fourth-order valence-corrected chi connectivity index (χ4v) is 10.6. The number of nitrogens with zero attached hydrogens (tertiary/aromatic N) is 9. The number of benzene rings is 4. The second kappa shape index (κ2) is 26.0. The van der Waals surface area contributed by atoms with Gasteiger partial charge in [0.1, 0.15) is 41.8 Å². The number of likely N-dealkylation sites (N-methyl/N-ethyl adjacent to an activating group) is 1. The van der Waals surface area contributed by atoms with E-state index in [4.69, 9.17) is 62.7 Å². The summed E-state index contributed by atoms with van der Waals surface area (Å²) in [6.45, 7) is 9.76. The van der Waals surface area contributed by atoms with Crippen LogP contribution in [0.2, 0.25) is 10.0 Å². The molecule has 2 aromatic heterocycles. The van der Waals surface area contributed by atoms with Gasteiger partial charge >= 0.3 is 6.03 Å². The summed E-state index contributed by atoms with van der Waals surface area (Å²) in [5, 5.41) is 5.94. The predicted octanol–water partition coefficient (Wildman–Crippen LogP) is 9.19. The van der Waals surface area contributed by atoms with Crippen LogP contribution < -0.4 is 19.9 Å². The molecule has 3 aliphatic rings. The number of carbonyl (C=O) groups is 4. The molecule has 432 valence electrons. The highest BCUT2D eigenvalue weighted by atomic mass is 35.5. The number of ether oxygens (including phenoxy) is 5. The van der Waals surface area contributed by atoms with Crippen molar-refractivity contribution in [2.45, 2.75) is 71.5 Å². The zero-order valence-corrected chi connectivity index (χ0v) is 48.5. The number of rotatable bonds is 18. The molecular formula is C60H67Cl2FN10O9. The van der Waals surface area contributed by atoms with E-state index in [0.29, 0.717) is 75.1 Å². The molecule has 5 heterocycles. The van der Waals surface area contributed by atoms with E-state index in [1.165, 1.54) is 18.2 Å². The molecular weight excluding hydrogens is 1090 g/mol. The number of piperazine rings is 1. The van der Waals surface area contributed by atoms with Crippen molar-refractivity contribution in [3.8, 4) is 28.4 Å². The number of anilines is 1. The molecule has 6 aromatic rings. The van der Waals surface area contributed by atoms with Gasteiger partial charge in [0.15, 0.2) is 11.6 Å². The number of aromatic nitrogens is 3. The second-order valence-electron chi connectivity index (χ2n) is 20.6. The van der Waals surface area contributed by atoms with E-state index in [-0.39, 0.29) is 100.0 Å². The van der Waals surface area contributed by atoms with E-state index in [1.807, 2.05) is 51.1 Å². The average Bonchev–Trinajstić information content (AvgIpc) is 3.25. The molecule has 1 fully saturated rings. The lowest BCUT2D eigenvalue weighted by Crippen LogP contribution is -2.56. The van der Waals surface area contributed by atoms with Crippen LogP contribution in [0.3, 0.4) is 0 Å². The van der Waals surface area contributed by atoms with E-state index >= 15 is 4.79 Å². The lowest BCUT2D eigenvalue weighted by molar-refractivity contribution is -0.135. The highest BCUT2D eigenvalue weighted by Gasteiger charge is 2.46. The van der Waals surface area contributed by atoms with Gasteiger partial charge in [0, 0.05) is 84.8 Å². The maximum absolute atomic E-state index is 15.1. The summed E-state index contributed by atoms with van der Waals surface area (Å²) < 4.78 is 46.0. The molecule has 5 amide bonds. The summed E-state index contributed by atoms with van der Waals surface area (Å²) >= 11 is 12.7. The average molecular weight is 1160 g/mol. The van der Waals surface area contributed by atoms with Crippen LogP contribution >= 0.6 is 23.2 Å². The number of methoxy groups -OCH3 is 1. The second-order valence-corrected chi connectivity index (χ2v) is 21.5. The van der Waals surface area contributed by atoms with Crippen molar-refractivity contribution in [2.24, 2.45) is 4.99 Å². The number of aryl methyl sites for hydroxylation is 1. The smallest absolute Gasteiger partial charge is 0.326 e. The third kappa shape index (κ3) is 13.3. The molecule has 0 unspecified atom stereocenters. The number of carbonyl (C=O) groups excluding carboxylic acids is 4. The normalized spacial score (nSPS) is 17.2. The van der Waals surface area contributed by atoms with E-state index in [9.17, 15) is 18.8 Å². The molecule has 0 radical (unpaired) electrons. The van der Waals surface area contributed by atoms with Crippen molar-refractivity contribution in [1.29, 1.82) is 0 Å². The number of amidine groups is 1. The lowest BCUT2D eigenvalue weighted by atomic mass is 9.93. The summed E-state index contributed by atoms with van der Waals surface area (Å²) in [7, 11) is 4.96. The van der Waals surface area contributed by atoms with Crippen LogP contribution in [0.15, 0.2) is 102 Å². The third-order valence-electron chi connectivity index (χ3n) is 14.6. The zero-order chi connectivity index (χ0) is 58.4. The molecule has 0 spiro atoms. The number of aliphatic imine (C=N–C) groups is 1. The Labute approximate surface area is 486 Å². The van der Waals surface area contributed by atoms with Crippen molar-refractivity contribution in [2.75, 3.05) is 86.1 Å². The Kier molecular flexibility index (Phi) is 18.7. The van der Waals surface area contributed by atoms with Gasteiger partial charge in [0.2, 0.25) is 11.8 Å². The Morgan fingerprint density at radius 2 is 1.57 bits per heavy atom. The number of nitrogen functional groups attached to an aromatic ring is 1. The minimum absolute atomic E-state index is 0.125. The molecule has 2 N–H and O–H groups in total. The summed E-state index contributed by atoms with van der Waals surface area (Å²) in [5.41, 5.74) is 11.9. The fraction of sp³-hybridized carbons (Fsp3) is 0.383. The van der Waals surface area contributed by atoms with Crippen molar-refractivity contribution >= 4 is 58.6 Å². The van der Waals surface area contributed by atoms with Crippen LogP contribution in [-0.4, -0.2) is 155 Å². The van der Waals surface area contributed by atoms with Crippen LogP contribution in [0.4, 0.5) is 15.0 Å². The Hall–Kier alpha value is -7.78. The molecule has 9 rings (SSSR count). The van der Waals surface area contributed by atoms with Gasteiger partial charge in [0.05, 0.1) is 82.1 Å². The number of urea groups is 1. The molecule has 0 aliphatic carbocycles. The number of hydrogen-bond donors (Lipinski definition) is 1. The molecule has 3 atom stereocenters. The fourth-order valence-electron chi connectivity index (χ4n) is 10.4. The molecule has 1 saturated heterocycles. The highest BCUT2D eigenvalue weighted by molar-refractivity contribution is 6.30. The van der Waals surface area contributed by atoms with Crippen LogP contribution in [0, 0.1) is 12.7 Å². The topological polar surface area (TPSA) is 200 Å². The van der Waals surface area contributed by atoms with E-state index < -0.39 is 30.0 Å². The SMILES string of the molecule is COc1ccc(C2=N[C@H](c3ccc(Cl)cc3)[C@H](c3ccc(Cl)cc3)N2C(=O)N2CCN(CCOCCOCCC(=O)N(C)CCn3nc(C)c4c3CN(C)C(=O)c3ccc(F)cc3[C@@H](C)Oc3cc-4cnc3N)C(=O)C2)c(OC(C)C)c1. The molecule has 82 heavy (non-hydrogen) atoms. The summed E-state index contributed by atoms with van der Waals surface area (Å²) in [5.74, 6) is 0.664. The first-order valence-electron chi connectivity index (χ1n) is 27.1. The van der Waals surface area contributed by atoms with Crippen LogP contribution in [-0.2, 0) is 32.2 Å². The van der Waals surface area contributed by atoms with Crippen LogP contribution in [0.1, 0.15) is 89.4 Å². The van der Waals surface area contributed by atoms with Gasteiger partial charge in [-0.2, -0.15) is 5.10 Å². The number of hydrogen-bond acceptors (Lipinski definition) is 13. The highest BCUT2D eigenvalue weighted by Crippen LogP contribution is 2.46. The van der Waals surface area contributed by atoms with Gasteiger partial charge in [-0.1, -0.05) is 47.5 Å². The van der Waals surface area contributed by atoms with E-state index in [0.717, 1.165) is 16.7 Å². The minimum Gasteiger partial charge on any atom is -0.497 e. The Morgan fingerprint density at radius 1 is 0.878 bits per heavy atom. The zero-order valence-electron chi connectivity index (χ0n) is 46.9. The number of fused-ring (bicyclic) bond motifs is 5. The summed E-state index contributed by atoms with van der Waals surface area (Å²) in [6.07, 6.45) is 0.827. The van der Waals surface area contributed by atoms with Gasteiger partial charge in [-0.3, -0.25) is 29.0 Å². The Balaban J connectivity index is 0.770. The number of pyridine rings is 1.